The number of rotatable bonds is 4. The van der Waals surface area contributed by atoms with E-state index in [4.69, 9.17) is 0 Å². The molecule has 0 bridgehead atoms. The van der Waals surface area contributed by atoms with Gasteiger partial charge in [0.2, 0.25) is 0 Å². The lowest BCUT2D eigenvalue weighted by Gasteiger charge is -2.17. The summed E-state index contributed by atoms with van der Waals surface area (Å²) in [6.07, 6.45) is 5.69. The number of hydrogen-bond donors (Lipinski definition) is 0. The Hall–Kier alpha value is -2.31. The summed E-state index contributed by atoms with van der Waals surface area (Å²) in [5, 5.41) is 9.31. The second kappa shape index (κ2) is 7.47. The highest BCUT2D eigenvalue weighted by Gasteiger charge is 2.05. The van der Waals surface area contributed by atoms with Crippen LogP contribution in [0, 0.1) is 11.3 Å². The second-order valence-electron chi connectivity index (χ2n) is 4.47. The zero-order valence-electron chi connectivity index (χ0n) is 11.7. The van der Waals surface area contributed by atoms with Gasteiger partial charge in [-0.1, -0.05) is 58.4 Å². The summed E-state index contributed by atoms with van der Waals surface area (Å²) in [5.74, 6) is 0. The predicted octanol–water partition coefficient (Wildman–Crippen LogP) is 5.01. The number of benzene rings is 2. The van der Waals surface area contributed by atoms with Crippen molar-refractivity contribution in [3.05, 3.63) is 82.5 Å². The molecule has 0 aliphatic carbocycles. The molecule has 0 amide bonds. The summed E-state index contributed by atoms with van der Waals surface area (Å²) in [6.45, 7) is 0. The van der Waals surface area contributed by atoms with Crippen molar-refractivity contribution in [2.45, 2.75) is 0 Å². The van der Waals surface area contributed by atoms with E-state index in [2.05, 4.69) is 22.0 Å². The molecule has 0 aromatic heterocycles. The van der Waals surface area contributed by atoms with E-state index in [1.807, 2.05) is 84.8 Å². The molecule has 2 aromatic carbocycles. The molecule has 0 unspecified atom stereocenters. The maximum atomic E-state index is 9.31. The van der Waals surface area contributed by atoms with Gasteiger partial charge in [0.05, 0.1) is 0 Å². The molecule has 3 heteroatoms. The molecule has 21 heavy (non-hydrogen) atoms. The molecule has 104 valence electrons. The monoisotopic (exact) mass is 338 g/mol. The number of hydrogen-bond acceptors (Lipinski definition) is 2. The average Bonchev–Trinajstić information content (AvgIpc) is 2.53. The van der Waals surface area contributed by atoms with Gasteiger partial charge in [0.15, 0.2) is 0 Å². The molecule has 0 radical (unpaired) electrons. The molecular formula is C18H15BrN2. The lowest BCUT2D eigenvalue weighted by molar-refractivity contribution is 1.14. The fraction of sp³-hybridized carbons (Fsp3) is 0.0556. The van der Waals surface area contributed by atoms with Crippen LogP contribution in [0.15, 0.2) is 76.9 Å². The summed E-state index contributed by atoms with van der Waals surface area (Å²) >= 11 is 3.41. The third kappa shape index (κ3) is 4.34. The van der Waals surface area contributed by atoms with Crippen molar-refractivity contribution < 1.29 is 0 Å². The smallest absolute Gasteiger partial charge is 0.120 e. The van der Waals surface area contributed by atoms with Gasteiger partial charge in [0.25, 0.3) is 0 Å². The maximum Gasteiger partial charge on any atom is 0.120 e. The van der Waals surface area contributed by atoms with Gasteiger partial charge in [-0.05, 0) is 35.9 Å². The van der Waals surface area contributed by atoms with Crippen LogP contribution in [0.3, 0.4) is 0 Å². The largest absolute Gasteiger partial charge is 0.336 e. The summed E-state index contributed by atoms with van der Waals surface area (Å²) in [5.41, 5.74) is 2.67. The molecular weight excluding hydrogens is 324 g/mol. The molecule has 0 atom stereocenters. The Kier molecular flexibility index (Phi) is 5.36. The molecule has 0 spiro atoms. The Morgan fingerprint density at radius 2 is 1.76 bits per heavy atom. The first-order chi connectivity index (χ1) is 10.2. The Balaban J connectivity index is 2.15. The minimum Gasteiger partial charge on any atom is -0.336 e. The molecule has 2 aromatic rings. The van der Waals surface area contributed by atoms with E-state index in [1.165, 1.54) is 0 Å². The fourth-order valence-electron chi connectivity index (χ4n) is 1.84. The predicted molar refractivity (Wildman–Crippen MR) is 91.7 cm³/mol. The quantitative estimate of drug-likeness (QED) is 0.579. The topological polar surface area (TPSA) is 27.0 Å². The number of anilines is 1. The van der Waals surface area contributed by atoms with Gasteiger partial charge < -0.3 is 4.90 Å². The molecule has 0 heterocycles. The van der Waals surface area contributed by atoms with Gasteiger partial charge in [-0.2, -0.15) is 5.26 Å². The van der Waals surface area contributed by atoms with Gasteiger partial charge in [-0.15, -0.1) is 0 Å². The Bertz CT molecular complexity index is 679. The van der Waals surface area contributed by atoms with Crippen molar-refractivity contribution in [2.24, 2.45) is 0 Å². The summed E-state index contributed by atoms with van der Waals surface area (Å²) in [7, 11) is 1.88. The highest BCUT2D eigenvalue weighted by molar-refractivity contribution is 9.10. The Morgan fingerprint density at radius 1 is 1.10 bits per heavy atom. The summed E-state index contributed by atoms with van der Waals surface area (Å²) < 4.78 is 1.02. The van der Waals surface area contributed by atoms with Crippen molar-refractivity contribution in [3.8, 4) is 6.07 Å². The van der Waals surface area contributed by atoms with Crippen LogP contribution < -0.4 is 4.90 Å². The van der Waals surface area contributed by atoms with Crippen LogP contribution in [0.1, 0.15) is 5.56 Å². The third-order valence-corrected chi connectivity index (χ3v) is 3.56. The molecule has 0 aliphatic rings. The van der Waals surface area contributed by atoms with Gasteiger partial charge in [-0.3, -0.25) is 0 Å². The van der Waals surface area contributed by atoms with Crippen LogP contribution >= 0.6 is 15.9 Å². The van der Waals surface area contributed by atoms with Gasteiger partial charge in [-0.25, -0.2) is 0 Å². The van der Waals surface area contributed by atoms with Crippen molar-refractivity contribution in [3.63, 3.8) is 0 Å². The number of allylic oxidation sites excluding steroid dienone is 3. The maximum absolute atomic E-state index is 9.31. The van der Waals surface area contributed by atoms with Crippen molar-refractivity contribution in [1.82, 2.24) is 0 Å². The minimum atomic E-state index is 0.588. The molecule has 0 fully saturated rings. The number of halogens is 1. The first-order valence-corrected chi connectivity index (χ1v) is 7.33. The third-order valence-electron chi connectivity index (χ3n) is 3.03. The highest BCUT2D eigenvalue weighted by Crippen LogP contribution is 2.20. The molecule has 2 nitrogen and oxygen atoms in total. The lowest BCUT2D eigenvalue weighted by Crippen LogP contribution is -2.14. The minimum absolute atomic E-state index is 0.588. The summed E-state index contributed by atoms with van der Waals surface area (Å²) in [6, 6.07) is 20.1. The van der Waals surface area contributed by atoms with E-state index in [0.29, 0.717) is 5.70 Å². The van der Waals surface area contributed by atoms with Crippen LogP contribution in [-0.4, -0.2) is 7.05 Å². The van der Waals surface area contributed by atoms with Gasteiger partial charge in [0, 0.05) is 17.2 Å². The van der Waals surface area contributed by atoms with E-state index < -0.39 is 0 Å². The normalized spacial score (nSPS) is 11.4. The Morgan fingerprint density at radius 3 is 2.38 bits per heavy atom. The molecule has 0 saturated heterocycles. The van der Waals surface area contributed by atoms with Crippen molar-refractivity contribution in [2.75, 3.05) is 11.9 Å². The molecule has 0 aliphatic heterocycles. The van der Waals surface area contributed by atoms with Gasteiger partial charge >= 0.3 is 0 Å². The van der Waals surface area contributed by atoms with E-state index in [1.54, 1.807) is 0 Å². The standard InChI is InChI=1S/C18H15BrN2/c1-21(17-12-10-16(19)11-13-17)18(14-20)9-5-8-15-6-3-2-4-7-15/h2-13H,1H3/b8-5+,18-9+. The first-order valence-electron chi connectivity index (χ1n) is 6.53. The van der Waals surface area contributed by atoms with Crippen LogP contribution in [0.5, 0.6) is 0 Å². The van der Waals surface area contributed by atoms with Gasteiger partial charge in [0.1, 0.15) is 11.8 Å². The van der Waals surface area contributed by atoms with Crippen LogP contribution in [0.2, 0.25) is 0 Å². The number of nitrogens with zero attached hydrogens (tertiary/aromatic N) is 2. The van der Waals surface area contributed by atoms with Crippen LogP contribution in [0.25, 0.3) is 6.08 Å². The van der Waals surface area contributed by atoms with Crippen molar-refractivity contribution in [1.29, 1.82) is 5.26 Å². The number of nitriles is 1. The molecule has 2 rings (SSSR count). The van der Waals surface area contributed by atoms with Crippen LogP contribution in [-0.2, 0) is 0 Å². The highest BCUT2D eigenvalue weighted by atomic mass is 79.9. The first kappa shape index (κ1) is 15.1. The van der Waals surface area contributed by atoms with Crippen molar-refractivity contribution >= 4 is 27.7 Å². The zero-order valence-corrected chi connectivity index (χ0v) is 13.3. The SMILES string of the molecule is CN(/C(C#N)=C/C=C/c1ccccc1)c1ccc(Br)cc1. The second-order valence-corrected chi connectivity index (χ2v) is 5.38. The molecule has 0 N–H and O–H groups in total. The average molecular weight is 339 g/mol. The van der Waals surface area contributed by atoms with E-state index >= 15 is 0 Å². The van der Waals surface area contributed by atoms with E-state index in [-0.39, 0.29) is 0 Å². The zero-order chi connectivity index (χ0) is 15.1. The fourth-order valence-corrected chi connectivity index (χ4v) is 2.11. The lowest BCUT2D eigenvalue weighted by atomic mass is 10.2. The Labute approximate surface area is 133 Å². The summed E-state index contributed by atoms with van der Waals surface area (Å²) in [4.78, 5) is 1.86. The van der Waals surface area contributed by atoms with E-state index in [0.717, 1.165) is 15.7 Å². The van der Waals surface area contributed by atoms with Crippen LogP contribution in [0.4, 0.5) is 5.69 Å². The van der Waals surface area contributed by atoms with E-state index in [9.17, 15) is 5.26 Å². The molecule has 0 saturated carbocycles.